The van der Waals surface area contributed by atoms with E-state index in [9.17, 15) is 19.2 Å². The second kappa shape index (κ2) is 17.8. The molecule has 10 heteroatoms. The van der Waals surface area contributed by atoms with Gasteiger partial charge in [0, 0.05) is 47.8 Å². The first-order valence-electron chi connectivity index (χ1n) is 21.8. The molecule has 2 amide bonds. The van der Waals surface area contributed by atoms with Crippen LogP contribution in [0.3, 0.4) is 0 Å². The molecule has 5 aliphatic carbocycles. The van der Waals surface area contributed by atoms with Crippen molar-refractivity contribution >= 4 is 45.6 Å². The second-order valence-electron chi connectivity index (χ2n) is 17.2. The van der Waals surface area contributed by atoms with E-state index < -0.39 is 11.9 Å². The Morgan fingerprint density at radius 2 is 1.08 bits per heavy atom. The van der Waals surface area contributed by atoms with E-state index in [1.54, 1.807) is 0 Å². The third kappa shape index (κ3) is 8.85. The van der Waals surface area contributed by atoms with Gasteiger partial charge < -0.3 is 30.0 Å². The second-order valence-corrected chi connectivity index (χ2v) is 17.2. The molecule has 2 aromatic heterocycles. The number of carbonyl (C=O) groups is 4. The van der Waals surface area contributed by atoms with Crippen molar-refractivity contribution in [3.63, 3.8) is 0 Å². The van der Waals surface area contributed by atoms with Crippen LogP contribution in [-0.2, 0) is 22.7 Å². The highest BCUT2D eigenvalue weighted by atomic mass is 16.4. The third-order valence-electron chi connectivity index (χ3n) is 12.9. The Labute approximate surface area is 358 Å². The maximum absolute atomic E-state index is 13.1. The maximum atomic E-state index is 13.1. The van der Waals surface area contributed by atoms with Crippen molar-refractivity contribution in [1.29, 1.82) is 0 Å². The standard InChI is InChI=1S/C24H24N2O3.C23H22N2O3.2C2H6/c27-22(25-19-13-24(14-19)11-18(12-24)23(28)29)20-8-4-7-17-9-10-26(21(17)20)15-16-5-2-1-3-6-16;26-19(27)11-22-13-23(14-22,15-22)24-21(28)18-8-4-7-17-9-10-25(20(17)18)12-16-5-2-1-3-6-16;2*1-2/h1-10,18-19H,11-15H2,(H,25,27)(H,28,29);1-10H,11-15H2,(H,24,28)(H,26,27);2*1-2H3. The highest BCUT2D eigenvalue weighted by Crippen LogP contribution is 2.69. The van der Waals surface area contributed by atoms with Gasteiger partial charge in [0.05, 0.1) is 34.5 Å². The van der Waals surface area contributed by atoms with Gasteiger partial charge in [-0.3, -0.25) is 19.2 Å². The fourth-order valence-corrected chi connectivity index (χ4v) is 10.5. The highest BCUT2D eigenvalue weighted by Gasteiger charge is 2.68. The van der Waals surface area contributed by atoms with Gasteiger partial charge in [-0.1, -0.05) is 113 Å². The number of benzene rings is 4. The largest absolute Gasteiger partial charge is 0.481 e. The van der Waals surface area contributed by atoms with Gasteiger partial charge in [0.15, 0.2) is 0 Å². The number of hydrogen-bond acceptors (Lipinski definition) is 4. The average Bonchev–Trinajstić information content (AvgIpc) is 3.83. The topological polar surface area (TPSA) is 143 Å². The number of amides is 2. The van der Waals surface area contributed by atoms with Gasteiger partial charge in [0.2, 0.25) is 0 Å². The molecular weight excluding hydrogens is 765 g/mol. The molecule has 0 atom stereocenters. The molecule has 0 unspecified atom stereocenters. The van der Waals surface area contributed by atoms with E-state index in [1.165, 1.54) is 11.1 Å². The van der Waals surface area contributed by atoms with Crippen molar-refractivity contribution in [3.05, 3.63) is 144 Å². The van der Waals surface area contributed by atoms with Crippen molar-refractivity contribution in [2.45, 2.75) is 104 Å². The number of hydrogen-bond donors (Lipinski definition) is 4. The van der Waals surface area contributed by atoms with Gasteiger partial charge in [0.25, 0.3) is 11.8 Å². The fourth-order valence-electron chi connectivity index (χ4n) is 10.5. The van der Waals surface area contributed by atoms with Crippen LogP contribution >= 0.6 is 0 Å². The first-order valence-corrected chi connectivity index (χ1v) is 21.8. The summed E-state index contributed by atoms with van der Waals surface area (Å²) in [6, 6.07) is 36.3. The fraction of sp³-hybridized carbons (Fsp3) is 0.373. The summed E-state index contributed by atoms with van der Waals surface area (Å²) in [4.78, 5) is 48.2. The van der Waals surface area contributed by atoms with Crippen molar-refractivity contribution in [2.75, 3.05) is 0 Å². The average molecular weight is 823 g/mol. The Bertz CT molecular complexity index is 2490. The lowest BCUT2D eigenvalue weighted by molar-refractivity contribution is -0.172. The molecule has 5 fully saturated rings. The zero-order chi connectivity index (χ0) is 43.4. The minimum atomic E-state index is -0.747. The number of aliphatic carboxylic acids is 2. The number of fused-ring (bicyclic) bond motifs is 2. The van der Waals surface area contributed by atoms with Crippen LogP contribution in [-0.4, -0.2) is 54.7 Å². The lowest BCUT2D eigenvalue weighted by Gasteiger charge is -2.70. The van der Waals surface area contributed by atoms with Crippen LogP contribution in [0.25, 0.3) is 21.8 Å². The molecule has 1 spiro atoms. The molecule has 5 saturated carbocycles. The highest BCUT2D eigenvalue weighted by molar-refractivity contribution is 6.07. The smallest absolute Gasteiger partial charge is 0.306 e. The van der Waals surface area contributed by atoms with Gasteiger partial charge >= 0.3 is 11.9 Å². The SMILES string of the molecule is CC.CC.O=C(NC1CC2(C1)CC(C(=O)O)C2)c1cccc2ccn(Cc3ccccc3)c12.O=C(O)CC12CC(NC(=O)c3cccc4ccn(Cc5ccccc5)c34)(C1)C2. The monoisotopic (exact) mass is 822 g/mol. The quantitative estimate of drug-likeness (QED) is 0.103. The zero-order valence-corrected chi connectivity index (χ0v) is 35.7. The van der Waals surface area contributed by atoms with Gasteiger partial charge in [-0.2, -0.15) is 0 Å². The Kier molecular flexibility index (Phi) is 12.5. The molecule has 0 aliphatic heterocycles. The molecule has 6 aromatic rings. The lowest BCUT2D eigenvalue weighted by atomic mass is 9.38. The molecule has 5 aliphatic rings. The Balaban J connectivity index is 0.000000170. The first kappa shape index (κ1) is 42.9. The summed E-state index contributed by atoms with van der Waals surface area (Å²) in [5.74, 6) is -1.74. The predicted molar refractivity (Wildman–Crippen MR) is 240 cm³/mol. The van der Waals surface area contributed by atoms with Crippen molar-refractivity contribution in [2.24, 2.45) is 16.7 Å². The normalized spacial score (nSPS) is 23.7. The van der Waals surface area contributed by atoms with Crippen molar-refractivity contribution in [1.82, 2.24) is 19.8 Å². The first-order chi connectivity index (χ1) is 29.5. The Morgan fingerprint density at radius 1 is 0.607 bits per heavy atom. The number of nitrogens with zero attached hydrogens (tertiary/aromatic N) is 2. The molecule has 318 valence electrons. The van der Waals surface area contributed by atoms with Crippen molar-refractivity contribution < 1.29 is 29.4 Å². The van der Waals surface area contributed by atoms with E-state index in [0.717, 1.165) is 73.3 Å². The van der Waals surface area contributed by atoms with Crippen LogP contribution in [0.15, 0.2) is 122 Å². The van der Waals surface area contributed by atoms with E-state index in [0.29, 0.717) is 17.7 Å². The van der Waals surface area contributed by atoms with Crippen LogP contribution in [0.4, 0.5) is 0 Å². The summed E-state index contributed by atoms with van der Waals surface area (Å²) in [6.07, 6.45) is 9.89. The molecule has 0 saturated heterocycles. The molecule has 2 heterocycles. The summed E-state index contributed by atoms with van der Waals surface area (Å²) in [5, 5.41) is 26.6. The summed E-state index contributed by atoms with van der Waals surface area (Å²) in [6.45, 7) is 9.43. The van der Waals surface area contributed by atoms with Crippen LogP contribution in [0.5, 0.6) is 0 Å². The van der Waals surface area contributed by atoms with Gasteiger partial charge in [-0.25, -0.2) is 0 Å². The van der Waals surface area contributed by atoms with Crippen LogP contribution < -0.4 is 10.6 Å². The van der Waals surface area contributed by atoms with Crippen LogP contribution in [0.1, 0.15) is 111 Å². The number of nitrogens with one attached hydrogen (secondary N) is 2. The lowest BCUT2D eigenvalue weighted by Crippen LogP contribution is -2.75. The van der Waals surface area contributed by atoms with Crippen molar-refractivity contribution in [3.8, 4) is 0 Å². The van der Waals surface area contributed by atoms with E-state index in [4.69, 9.17) is 10.2 Å². The molecule has 4 N–H and O–H groups in total. The molecule has 11 rings (SSSR count). The number of carboxylic acids is 2. The summed E-state index contributed by atoms with van der Waals surface area (Å²) in [7, 11) is 0. The molecule has 4 aromatic carbocycles. The number of aromatic nitrogens is 2. The van der Waals surface area contributed by atoms with E-state index in [2.05, 4.69) is 44.0 Å². The summed E-state index contributed by atoms with van der Waals surface area (Å²) in [5.41, 5.74) is 5.51. The van der Waals surface area contributed by atoms with E-state index in [-0.39, 0.29) is 46.6 Å². The number of carboxylic acid groups (broad SMARTS) is 2. The third-order valence-corrected chi connectivity index (χ3v) is 12.9. The molecule has 0 radical (unpaired) electrons. The minimum absolute atomic E-state index is 0.0439. The maximum Gasteiger partial charge on any atom is 0.306 e. The van der Waals surface area contributed by atoms with E-state index >= 15 is 0 Å². The molecule has 61 heavy (non-hydrogen) atoms. The van der Waals surface area contributed by atoms with Gasteiger partial charge in [0.1, 0.15) is 0 Å². The number of rotatable bonds is 11. The molecular formula is C51H58N4O6. The van der Waals surface area contributed by atoms with Gasteiger partial charge in [-0.15, -0.1) is 0 Å². The van der Waals surface area contributed by atoms with Crippen LogP contribution in [0, 0.1) is 16.7 Å². The molecule has 10 nitrogen and oxygen atoms in total. The van der Waals surface area contributed by atoms with Crippen LogP contribution in [0.2, 0.25) is 0 Å². The van der Waals surface area contributed by atoms with E-state index in [1.807, 2.05) is 125 Å². The summed E-state index contributed by atoms with van der Waals surface area (Å²) < 4.78 is 4.25. The number of carbonyl (C=O) groups excluding carboxylic acids is 2. The number of para-hydroxylation sites is 2. The van der Waals surface area contributed by atoms with Gasteiger partial charge in [-0.05, 0) is 91.2 Å². The molecule has 2 bridgehead atoms. The Hall–Kier alpha value is -6.16. The summed E-state index contributed by atoms with van der Waals surface area (Å²) >= 11 is 0. The minimum Gasteiger partial charge on any atom is -0.481 e. The Morgan fingerprint density at radius 3 is 1.54 bits per heavy atom. The predicted octanol–water partition coefficient (Wildman–Crippen LogP) is 9.93. The zero-order valence-electron chi connectivity index (χ0n) is 35.7.